The number of rotatable bonds is 4. The lowest BCUT2D eigenvalue weighted by Crippen LogP contribution is -2.41. The second-order valence-corrected chi connectivity index (χ2v) is 7.05. The average Bonchev–Trinajstić information content (AvgIpc) is 3.35. The van der Waals surface area contributed by atoms with E-state index in [0.717, 1.165) is 34.9 Å². The Kier molecular flexibility index (Phi) is 4.68. The van der Waals surface area contributed by atoms with Crippen LogP contribution < -0.4 is 10.6 Å². The third-order valence-electron chi connectivity index (χ3n) is 4.94. The molecule has 0 spiro atoms. The molecule has 1 fully saturated rings. The van der Waals surface area contributed by atoms with Gasteiger partial charge in [0.2, 0.25) is 0 Å². The molecule has 140 valence electrons. The summed E-state index contributed by atoms with van der Waals surface area (Å²) < 4.78 is 13.0. The molecule has 0 bridgehead atoms. The van der Waals surface area contributed by atoms with Crippen LogP contribution in [0.15, 0.2) is 54.7 Å². The van der Waals surface area contributed by atoms with Gasteiger partial charge in [0.15, 0.2) is 0 Å². The zero-order valence-electron chi connectivity index (χ0n) is 15.3. The molecule has 0 aliphatic carbocycles. The van der Waals surface area contributed by atoms with Crippen LogP contribution >= 0.6 is 0 Å². The molecule has 4 rings (SSSR count). The maximum atomic E-state index is 13.0. The number of hydrogen-bond acceptors (Lipinski definition) is 4. The highest BCUT2D eigenvalue weighted by molar-refractivity contribution is 5.71. The second kappa shape index (κ2) is 7.29. The Bertz CT molecular complexity index is 1050. The number of anilines is 1. The van der Waals surface area contributed by atoms with Gasteiger partial charge in [-0.15, -0.1) is 0 Å². The summed E-state index contributed by atoms with van der Waals surface area (Å²) in [5.41, 5.74) is 8.99. The molecule has 1 saturated heterocycles. The molecule has 1 atom stereocenters. The maximum Gasteiger partial charge on any atom is 0.123 e. The van der Waals surface area contributed by atoms with Gasteiger partial charge in [0, 0.05) is 24.0 Å². The highest BCUT2D eigenvalue weighted by atomic mass is 19.1. The van der Waals surface area contributed by atoms with Crippen molar-refractivity contribution in [3.8, 4) is 17.3 Å². The number of pyridine rings is 1. The summed E-state index contributed by atoms with van der Waals surface area (Å²) >= 11 is 0. The van der Waals surface area contributed by atoms with Crippen molar-refractivity contribution in [1.29, 1.82) is 5.26 Å². The number of nitrogens with two attached hydrogens (primary N) is 1. The first-order valence-corrected chi connectivity index (χ1v) is 9.09. The zero-order chi connectivity index (χ0) is 19.6. The van der Waals surface area contributed by atoms with Crippen LogP contribution in [0.25, 0.3) is 23.4 Å². The Morgan fingerprint density at radius 3 is 2.75 bits per heavy atom. The average molecular weight is 373 g/mol. The van der Waals surface area contributed by atoms with E-state index in [1.807, 2.05) is 36.4 Å². The molecule has 28 heavy (non-hydrogen) atoms. The van der Waals surface area contributed by atoms with Crippen LogP contribution in [0.2, 0.25) is 0 Å². The van der Waals surface area contributed by atoms with Crippen molar-refractivity contribution in [1.82, 2.24) is 9.97 Å². The van der Waals surface area contributed by atoms with E-state index in [2.05, 4.69) is 20.9 Å². The van der Waals surface area contributed by atoms with Crippen LogP contribution in [0.4, 0.5) is 10.2 Å². The number of aromatic amines is 1. The van der Waals surface area contributed by atoms with Crippen LogP contribution in [0.5, 0.6) is 0 Å². The van der Waals surface area contributed by atoms with Crippen LogP contribution in [-0.4, -0.2) is 28.6 Å². The van der Waals surface area contributed by atoms with E-state index >= 15 is 0 Å². The minimum absolute atomic E-state index is 0.250. The number of nitriles is 1. The topological polar surface area (TPSA) is 81.7 Å². The van der Waals surface area contributed by atoms with Gasteiger partial charge in [0.05, 0.1) is 18.3 Å². The summed E-state index contributed by atoms with van der Waals surface area (Å²) in [4.78, 5) is 9.88. The van der Waals surface area contributed by atoms with Gasteiger partial charge in [-0.1, -0.05) is 18.2 Å². The quantitative estimate of drug-likeness (QED) is 0.728. The minimum atomic E-state index is -0.778. The van der Waals surface area contributed by atoms with E-state index in [-0.39, 0.29) is 5.82 Å². The van der Waals surface area contributed by atoms with Gasteiger partial charge >= 0.3 is 0 Å². The highest BCUT2D eigenvalue weighted by Gasteiger charge is 2.35. The summed E-state index contributed by atoms with van der Waals surface area (Å²) in [5.74, 6) is 0.706. The van der Waals surface area contributed by atoms with Gasteiger partial charge in [-0.3, -0.25) is 4.98 Å². The number of nitrogens with zero attached hydrogens (tertiary/aromatic N) is 3. The molecular weight excluding hydrogens is 353 g/mol. The number of benzene rings is 1. The van der Waals surface area contributed by atoms with E-state index in [9.17, 15) is 9.65 Å². The van der Waals surface area contributed by atoms with Crippen molar-refractivity contribution in [2.75, 3.05) is 18.0 Å². The van der Waals surface area contributed by atoms with E-state index in [1.54, 1.807) is 18.3 Å². The van der Waals surface area contributed by atoms with Crippen molar-refractivity contribution in [2.45, 2.75) is 12.0 Å². The molecule has 1 aliphatic heterocycles. The lowest BCUT2D eigenvalue weighted by molar-refractivity contribution is 0.605. The molecule has 3 heterocycles. The smallest absolute Gasteiger partial charge is 0.123 e. The van der Waals surface area contributed by atoms with Crippen molar-refractivity contribution >= 4 is 18.0 Å². The van der Waals surface area contributed by atoms with Crippen molar-refractivity contribution in [3.05, 3.63) is 71.8 Å². The standard InChI is InChI=1S/C22H20FN5/c23-18-4-1-16(2-5-18)3-6-19-13-17(9-11-26-19)20-7-8-21(27-20)28-12-10-22(25,14-24)15-28/h1-9,11,13,27H,10,12,15,25H2/b6-3+/t22-/m1/s1. The molecule has 1 aliphatic rings. The summed E-state index contributed by atoms with van der Waals surface area (Å²) in [7, 11) is 0. The minimum Gasteiger partial charge on any atom is -0.355 e. The number of aromatic nitrogens is 2. The maximum absolute atomic E-state index is 13.0. The number of H-pyrrole nitrogens is 1. The van der Waals surface area contributed by atoms with Gasteiger partial charge in [-0.05, 0) is 54.5 Å². The predicted octanol–water partition coefficient (Wildman–Crippen LogP) is 3.82. The zero-order valence-corrected chi connectivity index (χ0v) is 15.3. The Balaban J connectivity index is 1.51. The fourth-order valence-corrected chi connectivity index (χ4v) is 3.33. The summed E-state index contributed by atoms with van der Waals surface area (Å²) in [5, 5.41) is 9.21. The van der Waals surface area contributed by atoms with Gasteiger partial charge in [-0.2, -0.15) is 5.26 Å². The summed E-state index contributed by atoms with van der Waals surface area (Å²) in [6, 6.07) is 16.5. The SMILES string of the molecule is N#C[C@]1(N)CCN(c2ccc(-c3ccnc(/C=C/c4ccc(F)cc4)c3)[nH]2)C1. The van der Waals surface area contributed by atoms with E-state index < -0.39 is 5.54 Å². The van der Waals surface area contributed by atoms with Gasteiger partial charge in [0.1, 0.15) is 17.2 Å². The van der Waals surface area contributed by atoms with E-state index in [4.69, 9.17) is 5.73 Å². The van der Waals surface area contributed by atoms with Crippen LogP contribution in [-0.2, 0) is 0 Å². The molecule has 6 heteroatoms. The number of hydrogen-bond donors (Lipinski definition) is 2. The third-order valence-corrected chi connectivity index (χ3v) is 4.94. The first-order chi connectivity index (χ1) is 13.5. The predicted molar refractivity (Wildman–Crippen MR) is 109 cm³/mol. The molecule has 0 amide bonds. The van der Waals surface area contributed by atoms with Crippen LogP contribution in [0.1, 0.15) is 17.7 Å². The molecular formula is C22H20FN5. The molecule has 3 N–H and O–H groups in total. The lowest BCUT2D eigenvalue weighted by atomic mass is 10.0. The van der Waals surface area contributed by atoms with E-state index in [0.29, 0.717) is 13.0 Å². The summed E-state index contributed by atoms with van der Waals surface area (Å²) in [6.45, 7) is 1.28. The Morgan fingerprint density at radius 1 is 1.18 bits per heavy atom. The second-order valence-electron chi connectivity index (χ2n) is 7.05. The first-order valence-electron chi connectivity index (χ1n) is 9.09. The van der Waals surface area contributed by atoms with Crippen molar-refractivity contribution in [2.24, 2.45) is 5.73 Å². The van der Waals surface area contributed by atoms with Crippen molar-refractivity contribution < 1.29 is 4.39 Å². The molecule has 0 unspecified atom stereocenters. The van der Waals surface area contributed by atoms with Crippen LogP contribution in [0, 0.1) is 17.1 Å². The van der Waals surface area contributed by atoms with Gasteiger partial charge in [0.25, 0.3) is 0 Å². The van der Waals surface area contributed by atoms with E-state index in [1.165, 1.54) is 12.1 Å². The molecule has 0 saturated carbocycles. The molecule has 0 radical (unpaired) electrons. The molecule has 5 nitrogen and oxygen atoms in total. The van der Waals surface area contributed by atoms with Crippen molar-refractivity contribution in [3.63, 3.8) is 0 Å². The Morgan fingerprint density at radius 2 is 2.00 bits per heavy atom. The Hall–Kier alpha value is -3.43. The number of halogens is 1. The molecule has 3 aromatic rings. The fraction of sp³-hybridized carbons (Fsp3) is 0.182. The first kappa shape index (κ1) is 18.0. The monoisotopic (exact) mass is 373 g/mol. The third kappa shape index (κ3) is 3.80. The lowest BCUT2D eigenvalue weighted by Gasteiger charge is -2.18. The largest absolute Gasteiger partial charge is 0.355 e. The molecule has 1 aromatic carbocycles. The van der Waals surface area contributed by atoms with Crippen LogP contribution in [0.3, 0.4) is 0 Å². The van der Waals surface area contributed by atoms with Gasteiger partial charge < -0.3 is 15.6 Å². The highest BCUT2D eigenvalue weighted by Crippen LogP contribution is 2.28. The van der Waals surface area contributed by atoms with Gasteiger partial charge in [-0.25, -0.2) is 4.39 Å². The normalized spacial score (nSPS) is 19.2. The fourth-order valence-electron chi connectivity index (χ4n) is 3.33. The summed E-state index contributed by atoms with van der Waals surface area (Å²) in [6.07, 6.45) is 6.22. The Labute approximate surface area is 162 Å². The molecule has 2 aromatic heterocycles. The number of nitrogens with one attached hydrogen (secondary N) is 1.